The number of hydrogen-bond acceptors (Lipinski definition) is 1. The first-order valence-electron chi connectivity index (χ1n) is 5.93. The Morgan fingerprint density at radius 3 is 2.46 bits per heavy atom. The van der Waals surface area contributed by atoms with Gasteiger partial charge in [-0.15, -0.1) is 0 Å². The first kappa shape index (κ1) is 11.0. The highest BCUT2D eigenvalue weighted by Gasteiger charge is 2.27. The molecular weight excluding hydrogens is 158 g/mol. The normalized spacial score (nSPS) is 27.7. The van der Waals surface area contributed by atoms with Crippen molar-refractivity contribution in [1.29, 1.82) is 0 Å². The van der Waals surface area contributed by atoms with Crippen LogP contribution in [0.4, 0.5) is 0 Å². The summed E-state index contributed by atoms with van der Waals surface area (Å²) in [4.78, 5) is 0. The van der Waals surface area contributed by atoms with Gasteiger partial charge in [-0.3, -0.25) is 0 Å². The van der Waals surface area contributed by atoms with E-state index in [2.05, 4.69) is 26.1 Å². The third-order valence-electron chi connectivity index (χ3n) is 3.02. The molecule has 0 aromatic carbocycles. The van der Waals surface area contributed by atoms with Gasteiger partial charge in [0.15, 0.2) is 0 Å². The quantitative estimate of drug-likeness (QED) is 0.667. The van der Waals surface area contributed by atoms with Crippen LogP contribution in [0.5, 0.6) is 0 Å². The maximum absolute atomic E-state index is 3.55. The van der Waals surface area contributed by atoms with Gasteiger partial charge in [0.05, 0.1) is 0 Å². The van der Waals surface area contributed by atoms with Gasteiger partial charge >= 0.3 is 0 Å². The second kappa shape index (κ2) is 5.64. The zero-order valence-electron chi connectivity index (χ0n) is 9.47. The van der Waals surface area contributed by atoms with E-state index in [-0.39, 0.29) is 0 Å². The van der Waals surface area contributed by atoms with Crippen molar-refractivity contribution in [3.8, 4) is 0 Å². The lowest BCUT2D eigenvalue weighted by Crippen LogP contribution is -2.34. The fourth-order valence-corrected chi connectivity index (χ4v) is 2.26. The van der Waals surface area contributed by atoms with Gasteiger partial charge < -0.3 is 5.32 Å². The van der Waals surface area contributed by atoms with E-state index in [1.807, 2.05) is 0 Å². The Kier molecular flexibility index (Phi) is 4.79. The SMILES string of the molecule is CCCC1CC(CNCC(C)C)C1. The summed E-state index contributed by atoms with van der Waals surface area (Å²) in [5.74, 6) is 2.86. The minimum absolute atomic E-state index is 0.798. The van der Waals surface area contributed by atoms with Crippen molar-refractivity contribution in [3.05, 3.63) is 0 Å². The summed E-state index contributed by atoms with van der Waals surface area (Å²) in [7, 11) is 0. The summed E-state index contributed by atoms with van der Waals surface area (Å²) in [5, 5.41) is 3.55. The summed E-state index contributed by atoms with van der Waals surface area (Å²) < 4.78 is 0. The molecule has 1 saturated carbocycles. The molecule has 0 aliphatic heterocycles. The Morgan fingerprint density at radius 1 is 1.23 bits per heavy atom. The smallest absolute Gasteiger partial charge is 0.00202 e. The number of rotatable bonds is 6. The van der Waals surface area contributed by atoms with Crippen LogP contribution in [-0.4, -0.2) is 13.1 Å². The fraction of sp³-hybridized carbons (Fsp3) is 1.00. The highest BCUT2D eigenvalue weighted by molar-refractivity contribution is 4.80. The molecule has 1 nitrogen and oxygen atoms in total. The molecule has 1 aliphatic carbocycles. The molecule has 0 aromatic rings. The molecule has 0 bridgehead atoms. The summed E-state index contributed by atoms with van der Waals surface area (Å²) in [6.07, 6.45) is 5.80. The molecule has 1 N–H and O–H groups in total. The molecule has 0 unspecified atom stereocenters. The van der Waals surface area contributed by atoms with Gasteiger partial charge in [-0.2, -0.15) is 0 Å². The summed E-state index contributed by atoms with van der Waals surface area (Å²) in [5.41, 5.74) is 0. The lowest BCUT2D eigenvalue weighted by Gasteiger charge is -2.35. The maximum atomic E-state index is 3.55. The minimum Gasteiger partial charge on any atom is -0.316 e. The van der Waals surface area contributed by atoms with Gasteiger partial charge in [-0.05, 0) is 43.7 Å². The van der Waals surface area contributed by atoms with Crippen molar-refractivity contribution < 1.29 is 0 Å². The van der Waals surface area contributed by atoms with E-state index in [1.165, 1.54) is 38.8 Å². The van der Waals surface area contributed by atoms with Gasteiger partial charge in [0.1, 0.15) is 0 Å². The molecule has 1 fully saturated rings. The lowest BCUT2D eigenvalue weighted by atomic mass is 9.73. The van der Waals surface area contributed by atoms with E-state index < -0.39 is 0 Å². The van der Waals surface area contributed by atoms with Crippen molar-refractivity contribution in [2.45, 2.75) is 46.5 Å². The third-order valence-corrected chi connectivity index (χ3v) is 3.02. The lowest BCUT2D eigenvalue weighted by molar-refractivity contribution is 0.175. The molecule has 0 saturated heterocycles. The average molecular weight is 183 g/mol. The van der Waals surface area contributed by atoms with Crippen molar-refractivity contribution in [1.82, 2.24) is 5.32 Å². The van der Waals surface area contributed by atoms with E-state index in [0.29, 0.717) is 0 Å². The molecular formula is C12H25N. The van der Waals surface area contributed by atoms with Crippen LogP contribution < -0.4 is 5.32 Å². The molecule has 0 aromatic heterocycles. The second-order valence-corrected chi connectivity index (χ2v) is 5.04. The van der Waals surface area contributed by atoms with Gasteiger partial charge in [0.2, 0.25) is 0 Å². The Labute approximate surface area is 83.3 Å². The van der Waals surface area contributed by atoms with E-state index in [9.17, 15) is 0 Å². The molecule has 1 rings (SSSR count). The molecule has 0 spiro atoms. The Balaban J connectivity index is 1.90. The standard InChI is InChI=1S/C12H25N/c1-4-5-11-6-12(7-11)9-13-8-10(2)3/h10-13H,4-9H2,1-3H3. The van der Waals surface area contributed by atoms with Gasteiger partial charge in [0, 0.05) is 0 Å². The zero-order chi connectivity index (χ0) is 9.68. The maximum Gasteiger partial charge on any atom is -0.00202 e. The van der Waals surface area contributed by atoms with Crippen LogP contribution >= 0.6 is 0 Å². The third kappa shape index (κ3) is 4.12. The topological polar surface area (TPSA) is 12.0 Å². The first-order chi connectivity index (χ1) is 6.22. The van der Waals surface area contributed by atoms with Crippen molar-refractivity contribution >= 4 is 0 Å². The predicted octanol–water partition coefficient (Wildman–Crippen LogP) is 3.06. The summed E-state index contributed by atoms with van der Waals surface area (Å²) >= 11 is 0. The second-order valence-electron chi connectivity index (χ2n) is 5.04. The molecule has 0 atom stereocenters. The van der Waals surface area contributed by atoms with E-state index >= 15 is 0 Å². The highest BCUT2D eigenvalue weighted by Crippen LogP contribution is 2.36. The van der Waals surface area contributed by atoms with Crippen LogP contribution in [0.2, 0.25) is 0 Å². The van der Waals surface area contributed by atoms with Crippen molar-refractivity contribution in [2.75, 3.05) is 13.1 Å². The molecule has 1 aliphatic rings. The Bertz CT molecular complexity index is 125. The monoisotopic (exact) mass is 183 g/mol. The summed E-state index contributed by atoms with van der Waals surface area (Å²) in [6, 6.07) is 0. The van der Waals surface area contributed by atoms with Crippen LogP contribution in [0.15, 0.2) is 0 Å². The molecule has 13 heavy (non-hydrogen) atoms. The minimum atomic E-state index is 0.798. The first-order valence-corrected chi connectivity index (χ1v) is 5.93. The zero-order valence-corrected chi connectivity index (χ0v) is 9.47. The van der Waals surface area contributed by atoms with Gasteiger partial charge in [0.25, 0.3) is 0 Å². The molecule has 0 amide bonds. The van der Waals surface area contributed by atoms with Crippen molar-refractivity contribution in [3.63, 3.8) is 0 Å². The van der Waals surface area contributed by atoms with E-state index in [1.54, 1.807) is 0 Å². The van der Waals surface area contributed by atoms with Crippen LogP contribution in [0.25, 0.3) is 0 Å². The average Bonchev–Trinajstić information content (AvgIpc) is 1.99. The van der Waals surface area contributed by atoms with Crippen LogP contribution in [0.3, 0.4) is 0 Å². The Hall–Kier alpha value is -0.0400. The van der Waals surface area contributed by atoms with Crippen LogP contribution in [0.1, 0.15) is 46.5 Å². The van der Waals surface area contributed by atoms with Crippen LogP contribution in [-0.2, 0) is 0 Å². The summed E-state index contributed by atoms with van der Waals surface area (Å²) in [6.45, 7) is 9.29. The van der Waals surface area contributed by atoms with Crippen LogP contribution in [0, 0.1) is 17.8 Å². The Morgan fingerprint density at radius 2 is 1.92 bits per heavy atom. The number of nitrogens with one attached hydrogen (secondary N) is 1. The molecule has 0 radical (unpaired) electrons. The van der Waals surface area contributed by atoms with Gasteiger partial charge in [-0.25, -0.2) is 0 Å². The fourth-order valence-electron chi connectivity index (χ4n) is 2.26. The highest BCUT2D eigenvalue weighted by atomic mass is 14.9. The van der Waals surface area contributed by atoms with E-state index in [4.69, 9.17) is 0 Å². The molecule has 0 heterocycles. The van der Waals surface area contributed by atoms with E-state index in [0.717, 1.165) is 17.8 Å². The van der Waals surface area contributed by atoms with Gasteiger partial charge in [-0.1, -0.05) is 33.6 Å². The largest absolute Gasteiger partial charge is 0.316 e. The predicted molar refractivity (Wildman–Crippen MR) is 58.8 cm³/mol. The molecule has 78 valence electrons. The number of hydrogen-bond donors (Lipinski definition) is 1. The van der Waals surface area contributed by atoms with Crippen molar-refractivity contribution in [2.24, 2.45) is 17.8 Å². The molecule has 1 heteroatoms.